The van der Waals surface area contributed by atoms with Crippen LogP contribution in [0.2, 0.25) is 0 Å². The van der Waals surface area contributed by atoms with E-state index in [1.54, 1.807) is 0 Å². The Morgan fingerprint density at radius 3 is 2.89 bits per heavy atom. The number of nitrogens with one attached hydrogen (secondary N) is 1. The maximum Gasteiger partial charge on any atom is 0.0421 e. The van der Waals surface area contributed by atoms with Crippen molar-refractivity contribution in [3.63, 3.8) is 0 Å². The van der Waals surface area contributed by atoms with Crippen LogP contribution in [-0.2, 0) is 0 Å². The molecule has 0 aromatic heterocycles. The summed E-state index contributed by atoms with van der Waals surface area (Å²) >= 11 is 2.06. The van der Waals surface area contributed by atoms with Crippen molar-refractivity contribution in [2.75, 3.05) is 12.4 Å². The SMILES string of the molecule is CC(C)CC1CNCS1. The molecular weight excluding hydrogens is 130 g/mol. The Labute approximate surface area is 61.6 Å². The van der Waals surface area contributed by atoms with E-state index in [-0.39, 0.29) is 0 Å². The Bertz CT molecular complexity index is 77.0. The number of rotatable bonds is 2. The van der Waals surface area contributed by atoms with Gasteiger partial charge in [0, 0.05) is 17.7 Å². The molecule has 0 aromatic carbocycles. The van der Waals surface area contributed by atoms with Crippen LogP contribution in [0.25, 0.3) is 0 Å². The fourth-order valence-electron chi connectivity index (χ4n) is 1.13. The van der Waals surface area contributed by atoms with E-state index in [1.165, 1.54) is 13.0 Å². The lowest BCUT2D eigenvalue weighted by atomic mass is 10.1. The van der Waals surface area contributed by atoms with Crippen molar-refractivity contribution in [1.82, 2.24) is 5.32 Å². The van der Waals surface area contributed by atoms with E-state index in [0.29, 0.717) is 0 Å². The van der Waals surface area contributed by atoms with E-state index < -0.39 is 0 Å². The maximum atomic E-state index is 3.34. The topological polar surface area (TPSA) is 12.0 Å². The van der Waals surface area contributed by atoms with Crippen molar-refractivity contribution in [3.05, 3.63) is 0 Å². The minimum atomic E-state index is 0.863. The molecule has 0 spiro atoms. The Balaban J connectivity index is 2.11. The summed E-state index contributed by atoms with van der Waals surface area (Å²) in [6, 6.07) is 0. The molecule has 1 saturated heterocycles. The average Bonchev–Trinajstić information content (AvgIpc) is 2.15. The fourth-order valence-corrected chi connectivity index (χ4v) is 2.36. The van der Waals surface area contributed by atoms with Crippen LogP contribution in [0.3, 0.4) is 0 Å². The Hall–Kier alpha value is 0.310. The van der Waals surface area contributed by atoms with Gasteiger partial charge < -0.3 is 5.32 Å². The van der Waals surface area contributed by atoms with Crippen LogP contribution in [0.15, 0.2) is 0 Å². The third kappa shape index (κ3) is 2.59. The summed E-state index contributed by atoms with van der Waals surface area (Å²) in [6.07, 6.45) is 1.37. The van der Waals surface area contributed by atoms with Gasteiger partial charge in [0.2, 0.25) is 0 Å². The van der Waals surface area contributed by atoms with Gasteiger partial charge in [-0.3, -0.25) is 0 Å². The summed E-state index contributed by atoms with van der Waals surface area (Å²) in [5.74, 6) is 2.03. The Morgan fingerprint density at radius 1 is 1.67 bits per heavy atom. The first-order chi connectivity index (χ1) is 4.29. The molecule has 54 valence electrons. The molecule has 0 radical (unpaired) electrons. The van der Waals surface area contributed by atoms with Gasteiger partial charge in [-0.15, -0.1) is 11.8 Å². The molecule has 1 rings (SSSR count). The molecule has 0 bridgehead atoms. The summed E-state index contributed by atoms with van der Waals surface area (Å²) in [7, 11) is 0. The van der Waals surface area contributed by atoms with Gasteiger partial charge in [0.25, 0.3) is 0 Å². The highest BCUT2D eigenvalue weighted by Gasteiger charge is 2.15. The van der Waals surface area contributed by atoms with Crippen LogP contribution in [0.5, 0.6) is 0 Å². The fraction of sp³-hybridized carbons (Fsp3) is 1.00. The van der Waals surface area contributed by atoms with Gasteiger partial charge in [-0.25, -0.2) is 0 Å². The van der Waals surface area contributed by atoms with Gasteiger partial charge in [0.15, 0.2) is 0 Å². The van der Waals surface area contributed by atoms with Crippen molar-refractivity contribution in [1.29, 1.82) is 0 Å². The lowest BCUT2D eigenvalue weighted by Crippen LogP contribution is -2.14. The van der Waals surface area contributed by atoms with Crippen molar-refractivity contribution in [2.45, 2.75) is 25.5 Å². The van der Waals surface area contributed by atoms with Gasteiger partial charge in [0.1, 0.15) is 0 Å². The molecule has 0 aromatic rings. The molecule has 1 aliphatic rings. The second-order valence-corrected chi connectivity index (χ2v) is 4.31. The van der Waals surface area contributed by atoms with Crippen LogP contribution in [0, 0.1) is 5.92 Å². The number of hydrogen-bond acceptors (Lipinski definition) is 2. The second-order valence-electron chi connectivity index (χ2n) is 3.02. The third-order valence-electron chi connectivity index (χ3n) is 1.53. The van der Waals surface area contributed by atoms with E-state index in [0.717, 1.165) is 17.0 Å². The van der Waals surface area contributed by atoms with Gasteiger partial charge in [-0.05, 0) is 12.3 Å². The molecule has 1 heterocycles. The summed E-state index contributed by atoms with van der Waals surface area (Å²) in [5.41, 5.74) is 0. The van der Waals surface area contributed by atoms with E-state index >= 15 is 0 Å². The molecule has 1 atom stereocenters. The van der Waals surface area contributed by atoms with E-state index in [1.807, 2.05) is 0 Å². The molecule has 0 aliphatic carbocycles. The lowest BCUT2D eigenvalue weighted by molar-refractivity contribution is 0.564. The van der Waals surface area contributed by atoms with Gasteiger partial charge >= 0.3 is 0 Å². The molecule has 1 N–H and O–H groups in total. The maximum absolute atomic E-state index is 3.34. The predicted molar refractivity (Wildman–Crippen MR) is 43.7 cm³/mol. The zero-order valence-electron chi connectivity index (χ0n) is 6.18. The standard InChI is InChI=1S/C7H15NS/c1-6(2)3-7-4-8-5-9-7/h6-8H,3-5H2,1-2H3. The largest absolute Gasteiger partial charge is 0.307 e. The second kappa shape index (κ2) is 3.47. The van der Waals surface area contributed by atoms with Gasteiger partial charge in [0.05, 0.1) is 0 Å². The molecular formula is C7H15NS. The van der Waals surface area contributed by atoms with Gasteiger partial charge in [-0.1, -0.05) is 13.8 Å². The van der Waals surface area contributed by atoms with Crippen LogP contribution in [-0.4, -0.2) is 17.7 Å². The predicted octanol–water partition coefficient (Wildman–Crippen LogP) is 1.70. The summed E-state index contributed by atoms with van der Waals surface area (Å²) in [5, 5.41) is 4.23. The Morgan fingerprint density at radius 2 is 2.44 bits per heavy atom. The van der Waals surface area contributed by atoms with E-state index in [4.69, 9.17) is 0 Å². The summed E-state index contributed by atoms with van der Waals surface area (Å²) < 4.78 is 0. The van der Waals surface area contributed by atoms with Crippen molar-refractivity contribution in [3.8, 4) is 0 Å². The van der Waals surface area contributed by atoms with Crippen LogP contribution < -0.4 is 5.32 Å². The third-order valence-corrected chi connectivity index (χ3v) is 2.73. The van der Waals surface area contributed by atoms with Crippen LogP contribution in [0.4, 0.5) is 0 Å². The highest BCUT2D eigenvalue weighted by molar-refractivity contribution is 8.00. The first kappa shape index (κ1) is 7.42. The van der Waals surface area contributed by atoms with E-state index in [9.17, 15) is 0 Å². The zero-order valence-corrected chi connectivity index (χ0v) is 7.00. The zero-order chi connectivity index (χ0) is 6.69. The number of hydrogen-bond donors (Lipinski definition) is 1. The normalized spacial score (nSPS) is 27.7. The molecule has 1 nitrogen and oxygen atoms in total. The summed E-state index contributed by atoms with van der Waals surface area (Å²) in [4.78, 5) is 0. The minimum absolute atomic E-state index is 0.863. The van der Waals surface area contributed by atoms with Gasteiger partial charge in [-0.2, -0.15) is 0 Å². The summed E-state index contributed by atoms with van der Waals surface area (Å²) in [6.45, 7) is 5.81. The highest BCUT2D eigenvalue weighted by Crippen LogP contribution is 2.21. The Kier molecular flexibility index (Phi) is 2.86. The molecule has 1 aliphatic heterocycles. The van der Waals surface area contributed by atoms with Crippen LogP contribution in [0.1, 0.15) is 20.3 Å². The van der Waals surface area contributed by atoms with Crippen LogP contribution >= 0.6 is 11.8 Å². The lowest BCUT2D eigenvalue weighted by Gasteiger charge is -2.08. The van der Waals surface area contributed by atoms with Crippen molar-refractivity contribution >= 4 is 11.8 Å². The first-order valence-electron chi connectivity index (χ1n) is 3.61. The van der Waals surface area contributed by atoms with E-state index in [2.05, 4.69) is 30.9 Å². The smallest absolute Gasteiger partial charge is 0.0421 e. The number of thioether (sulfide) groups is 1. The molecule has 0 saturated carbocycles. The van der Waals surface area contributed by atoms with Crippen molar-refractivity contribution in [2.24, 2.45) is 5.92 Å². The minimum Gasteiger partial charge on any atom is -0.307 e. The monoisotopic (exact) mass is 145 g/mol. The molecule has 1 fully saturated rings. The van der Waals surface area contributed by atoms with Crippen molar-refractivity contribution < 1.29 is 0 Å². The first-order valence-corrected chi connectivity index (χ1v) is 4.66. The molecule has 9 heavy (non-hydrogen) atoms. The molecule has 2 heteroatoms. The average molecular weight is 145 g/mol. The molecule has 1 unspecified atom stereocenters. The quantitative estimate of drug-likeness (QED) is 0.634. The molecule has 0 amide bonds. The highest BCUT2D eigenvalue weighted by atomic mass is 32.2.